The lowest BCUT2D eigenvalue weighted by Gasteiger charge is -2.19. The molecule has 0 aliphatic carbocycles. The lowest BCUT2D eigenvalue weighted by molar-refractivity contribution is 0.306. The summed E-state index contributed by atoms with van der Waals surface area (Å²) in [4.78, 5) is 12.9. The number of hydrogen-bond acceptors (Lipinski definition) is 4. The van der Waals surface area contributed by atoms with Crippen LogP contribution in [0.2, 0.25) is 0 Å². The maximum atomic E-state index is 12.9. The highest BCUT2D eigenvalue weighted by Crippen LogP contribution is 2.27. The van der Waals surface area contributed by atoms with E-state index in [1.807, 2.05) is 31.2 Å². The standard InChI is InChI=1S/C28H28O4/c1-5-20-8-6-7-9-24(20)32-26-18-31-25-16-22(14-15-23(25)27(26)29)30-17-19-10-12-21(13-11-19)28(2,3)4/h6-16,18H,5,17H2,1-4H3. The first-order valence-corrected chi connectivity index (χ1v) is 10.9. The number of ether oxygens (including phenoxy) is 2. The van der Waals surface area contributed by atoms with Gasteiger partial charge in [0.25, 0.3) is 0 Å². The zero-order valence-electron chi connectivity index (χ0n) is 19.0. The van der Waals surface area contributed by atoms with Gasteiger partial charge in [-0.25, -0.2) is 0 Å². The average Bonchev–Trinajstić information content (AvgIpc) is 2.79. The van der Waals surface area contributed by atoms with Crippen molar-refractivity contribution in [1.29, 1.82) is 0 Å². The van der Waals surface area contributed by atoms with Crippen LogP contribution in [-0.2, 0) is 18.4 Å². The molecule has 0 fully saturated rings. The molecule has 0 aliphatic rings. The Morgan fingerprint density at radius 2 is 1.66 bits per heavy atom. The highest BCUT2D eigenvalue weighted by Gasteiger charge is 2.14. The molecule has 0 N–H and O–H groups in total. The first kappa shape index (κ1) is 21.7. The molecule has 0 bridgehead atoms. The van der Waals surface area contributed by atoms with Crippen LogP contribution in [-0.4, -0.2) is 0 Å². The maximum absolute atomic E-state index is 12.9. The number of rotatable bonds is 6. The second kappa shape index (κ2) is 8.91. The predicted octanol–water partition coefficient (Wildman–Crippen LogP) is 7.02. The van der Waals surface area contributed by atoms with Gasteiger partial charge in [-0.05, 0) is 46.7 Å². The number of aryl methyl sites for hydroxylation is 1. The van der Waals surface area contributed by atoms with Crippen molar-refractivity contribution in [3.8, 4) is 17.2 Å². The molecule has 4 aromatic rings. The molecule has 0 aliphatic heterocycles. The van der Waals surface area contributed by atoms with Gasteiger partial charge in [0.15, 0.2) is 0 Å². The molecule has 1 aromatic heterocycles. The molecule has 0 saturated heterocycles. The van der Waals surface area contributed by atoms with Crippen molar-refractivity contribution < 1.29 is 13.9 Å². The third kappa shape index (κ3) is 4.70. The van der Waals surface area contributed by atoms with Crippen molar-refractivity contribution in [2.24, 2.45) is 0 Å². The van der Waals surface area contributed by atoms with Gasteiger partial charge in [-0.15, -0.1) is 0 Å². The molecule has 4 nitrogen and oxygen atoms in total. The van der Waals surface area contributed by atoms with Crippen LogP contribution in [0.5, 0.6) is 17.2 Å². The molecule has 4 rings (SSSR count). The third-order valence-electron chi connectivity index (χ3n) is 5.51. The van der Waals surface area contributed by atoms with Crippen molar-refractivity contribution in [3.63, 3.8) is 0 Å². The van der Waals surface area contributed by atoms with E-state index in [1.165, 1.54) is 11.8 Å². The molecule has 1 heterocycles. The van der Waals surface area contributed by atoms with Gasteiger partial charge in [0, 0.05) is 6.07 Å². The van der Waals surface area contributed by atoms with E-state index in [1.54, 1.807) is 18.2 Å². The summed E-state index contributed by atoms with van der Waals surface area (Å²) >= 11 is 0. The van der Waals surface area contributed by atoms with Crippen LogP contribution >= 0.6 is 0 Å². The van der Waals surface area contributed by atoms with E-state index in [4.69, 9.17) is 13.9 Å². The van der Waals surface area contributed by atoms with Crippen molar-refractivity contribution >= 4 is 11.0 Å². The molecule has 0 spiro atoms. The smallest absolute Gasteiger partial charge is 0.235 e. The summed E-state index contributed by atoms with van der Waals surface area (Å²) in [5.74, 6) is 1.48. The molecule has 0 atom stereocenters. The van der Waals surface area contributed by atoms with Crippen molar-refractivity contribution in [2.75, 3.05) is 0 Å². The van der Waals surface area contributed by atoms with Crippen molar-refractivity contribution in [1.82, 2.24) is 0 Å². The van der Waals surface area contributed by atoms with E-state index in [0.29, 0.717) is 29.1 Å². The molecule has 32 heavy (non-hydrogen) atoms. The van der Waals surface area contributed by atoms with Gasteiger partial charge in [0.05, 0.1) is 5.39 Å². The highest BCUT2D eigenvalue weighted by atomic mass is 16.5. The minimum atomic E-state index is -0.207. The van der Waals surface area contributed by atoms with E-state index in [-0.39, 0.29) is 16.6 Å². The summed E-state index contributed by atoms with van der Waals surface area (Å²) in [6, 6.07) is 21.4. The molecular formula is C28H28O4. The Kier molecular flexibility index (Phi) is 6.04. The van der Waals surface area contributed by atoms with Gasteiger partial charge in [-0.2, -0.15) is 0 Å². The topological polar surface area (TPSA) is 48.7 Å². The molecule has 4 heteroatoms. The van der Waals surface area contributed by atoms with E-state index in [0.717, 1.165) is 17.5 Å². The molecule has 3 aromatic carbocycles. The van der Waals surface area contributed by atoms with Crippen LogP contribution in [0.1, 0.15) is 44.4 Å². The molecule has 0 radical (unpaired) electrons. The monoisotopic (exact) mass is 428 g/mol. The Morgan fingerprint density at radius 3 is 2.38 bits per heavy atom. The fourth-order valence-electron chi connectivity index (χ4n) is 3.53. The third-order valence-corrected chi connectivity index (χ3v) is 5.51. The fourth-order valence-corrected chi connectivity index (χ4v) is 3.53. The van der Waals surface area contributed by atoms with Gasteiger partial charge < -0.3 is 13.9 Å². The van der Waals surface area contributed by atoms with E-state index < -0.39 is 0 Å². The Bertz CT molecular complexity index is 1280. The second-order valence-electron chi connectivity index (χ2n) is 8.89. The summed E-state index contributed by atoms with van der Waals surface area (Å²) < 4.78 is 17.5. The Labute approximate surface area is 188 Å². The zero-order chi connectivity index (χ0) is 22.7. The predicted molar refractivity (Wildman–Crippen MR) is 128 cm³/mol. The van der Waals surface area contributed by atoms with Gasteiger partial charge in [0.2, 0.25) is 11.2 Å². The van der Waals surface area contributed by atoms with Gasteiger partial charge in [-0.1, -0.05) is 70.2 Å². The Morgan fingerprint density at radius 1 is 0.906 bits per heavy atom. The van der Waals surface area contributed by atoms with Crippen molar-refractivity contribution in [3.05, 3.63) is 99.9 Å². The molecular weight excluding hydrogens is 400 g/mol. The number of fused-ring (bicyclic) bond motifs is 1. The molecule has 164 valence electrons. The summed E-state index contributed by atoms with van der Waals surface area (Å²) in [7, 11) is 0. The van der Waals surface area contributed by atoms with Crippen LogP contribution < -0.4 is 14.9 Å². The normalized spacial score (nSPS) is 11.5. The molecule has 0 unspecified atom stereocenters. The van der Waals surface area contributed by atoms with Crippen LogP contribution in [0.15, 0.2) is 82.2 Å². The lowest BCUT2D eigenvalue weighted by atomic mass is 9.87. The van der Waals surface area contributed by atoms with Crippen LogP contribution in [0.3, 0.4) is 0 Å². The highest BCUT2D eigenvalue weighted by molar-refractivity contribution is 5.79. The summed E-state index contributed by atoms with van der Waals surface area (Å²) in [6.45, 7) is 9.07. The SMILES string of the molecule is CCc1ccccc1Oc1coc2cc(OCc3ccc(C(C)(C)C)cc3)ccc2c1=O. The number of benzene rings is 3. The van der Waals surface area contributed by atoms with Crippen LogP contribution in [0, 0.1) is 0 Å². The number of para-hydroxylation sites is 1. The van der Waals surface area contributed by atoms with E-state index >= 15 is 0 Å². The minimum Gasteiger partial charge on any atom is -0.489 e. The van der Waals surface area contributed by atoms with Crippen LogP contribution in [0.25, 0.3) is 11.0 Å². The fraction of sp³-hybridized carbons (Fsp3) is 0.250. The number of hydrogen-bond donors (Lipinski definition) is 0. The Hall–Kier alpha value is -3.53. The quantitative estimate of drug-likeness (QED) is 0.331. The first-order chi connectivity index (χ1) is 15.3. The van der Waals surface area contributed by atoms with Crippen LogP contribution in [0.4, 0.5) is 0 Å². The summed E-state index contributed by atoms with van der Waals surface area (Å²) in [5, 5.41) is 0.457. The zero-order valence-corrected chi connectivity index (χ0v) is 19.0. The lowest BCUT2D eigenvalue weighted by Crippen LogP contribution is -2.10. The van der Waals surface area contributed by atoms with Gasteiger partial charge >= 0.3 is 0 Å². The van der Waals surface area contributed by atoms with E-state index in [2.05, 4.69) is 45.0 Å². The summed E-state index contributed by atoms with van der Waals surface area (Å²) in [6.07, 6.45) is 2.18. The summed E-state index contributed by atoms with van der Waals surface area (Å²) in [5.41, 5.74) is 3.78. The maximum Gasteiger partial charge on any atom is 0.235 e. The second-order valence-corrected chi connectivity index (χ2v) is 8.89. The first-order valence-electron chi connectivity index (χ1n) is 10.9. The minimum absolute atomic E-state index is 0.121. The largest absolute Gasteiger partial charge is 0.489 e. The van der Waals surface area contributed by atoms with Crippen molar-refractivity contribution in [2.45, 2.75) is 46.1 Å². The molecule has 0 amide bonds. The average molecular weight is 429 g/mol. The molecule has 0 saturated carbocycles. The Balaban J connectivity index is 1.51. The van der Waals surface area contributed by atoms with Gasteiger partial charge in [-0.3, -0.25) is 4.79 Å². The van der Waals surface area contributed by atoms with Gasteiger partial charge in [0.1, 0.15) is 30.0 Å². The van der Waals surface area contributed by atoms with E-state index in [9.17, 15) is 4.79 Å².